The van der Waals surface area contributed by atoms with Crippen molar-refractivity contribution < 1.29 is 19.1 Å². The van der Waals surface area contributed by atoms with E-state index in [9.17, 15) is 9.59 Å². The predicted octanol–water partition coefficient (Wildman–Crippen LogP) is 2.64. The molecule has 104 valence electrons. The number of carboxylic acids is 1. The predicted molar refractivity (Wildman–Crippen MR) is 72.6 cm³/mol. The van der Waals surface area contributed by atoms with E-state index in [1.165, 1.54) is 17.0 Å². The van der Waals surface area contributed by atoms with Crippen molar-refractivity contribution in [2.75, 3.05) is 12.4 Å². The monoisotopic (exact) mass is 274 g/mol. The summed E-state index contributed by atoms with van der Waals surface area (Å²) >= 11 is 0. The number of urea groups is 1. The number of benzene rings is 1. The molecule has 0 radical (unpaired) electrons. The minimum absolute atomic E-state index is 0.176. The van der Waals surface area contributed by atoms with Crippen molar-refractivity contribution in [3.63, 3.8) is 0 Å². The Balaban J connectivity index is 1.95. The number of carbonyl (C=O) groups is 2. The zero-order valence-corrected chi connectivity index (χ0v) is 10.9. The van der Waals surface area contributed by atoms with Crippen molar-refractivity contribution in [1.29, 1.82) is 0 Å². The van der Waals surface area contributed by atoms with Crippen LogP contribution in [0.15, 0.2) is 47.3 Å². The molecule has 20 heavy (non-hydrogen) atoms. The van der Waals surface area contributed by atoms with Crippen LogP contribution < -0.4 is 5.32 Å². The number of nitrogens with one attached hydrogen (secondary N) is 1. The Bertz CT molecular complexity index is 590. The molecule has 0 fully saturated rings. The Morgan fingerprint density at radius 3 is 2.50 bits per heavy atom. The lowest BCUT2D eigenvalue weighted by atomic mass is 10.2. The van der Waals surface area contributed by atoms with Crippen LogP contribution in [0.5, 0.6) is 0 Å². The van der Waals surface area contributed by atoms with Crippen LogP contribution in [0.1, 0.15) is 15.9 Å². The summed E-state index contributed by atoms with van der Waals surface area (Å²) < 4.78 is 4.94. The maximum Gasteiger partial charge on any atom is 0.335 e. The second-order valence-electron chi connectivity index (χ2n) is 4.30. The highest BCUT2D eigenvalue weighted by Gasteiger charge is 2.10. The molecular formula is C14H14N2O4. The van der Waals surface area contributed by atoms with Crippen molar-refractivity contribution in [3.05, 3.63) is 54.0 Å². The van der Waals surface area contributed by atoms with Crippen molar-refractivity contribution >= 4 is 17.7 Å². The van der Waals surface area contributed by atoms with Crippen LogP contribution in [-0.2, 0) is 6.54 Å². The van der Waals surface area contributed by atoms with Gasteiger partial charge >= 0.3 is 12.0 Å². The van der Waals surface area contributed by atoms with Crippen LogP contribution in [0.3, 0.4) is 0 Å². The van der Waals surface area contributed by atoms with Crippen LogP contribution in [0.2, 0.25) is 0 Å². The Kier molecular flexibility index (Phi) is 4.05. The summed E-state index contributed by atoms with van der Waals surface area (Å²) in [5.74, 6) is -1.00. The number of carboxylic acid groups (broad SMARTS) is 1. The highest BCUT2D eigenvalue weighted by atomic mass is 16.4. The molecule has 1 aromatic heterocycles. The average molecular weight is 274 g/mol. The zero-order chi connectivity index (χ0) is 14.5. The van der Waals surface area contributed by atoms with Gasteiger partial charge in [-0.2, -0.15) is 0 Å². The molecule has 0 aliphatic heterocycles. The lowest BCUT2D eigenvalue weighted by molar-refractivity contribution is 0.0697. The standard InChI is InChI=1S/C14H14N2O4/c1-16(8-10-6-7-20-9-10)14(19)15-12-4-2-11(3-5-12)13(17)18/h2-7,9H,8H2,1H3,(H,15,19)(H,17,18). The number of anilines is 1. The van der Waals surface area contributed by atoms with E-state index in [0.29, 0.717) is 12.2 Å². The molecule has 0 spiro atoms. The topological polar surface area (TPSA) is 82.8 Å². The number of hydrogen-bond donors (Lipinski definition) is 2. The molecule has 1 aromatic carbocycles. The fourth-order valence-electron chi connectivity index (χ4n) is 1.64. The van der Waals surface area contributed by atoms with E-state index in [1.54, 1.807) is 37.8 Å². The van der Waals surface area contributed by atoms with E-state index in [-0.39, 0.29) is 11.6 Å². The van der Waals surface area contributed by atoms with Gasteiger partial charge in [-0.3, -0.25) is 0 Å². The van der Waals surface area contributed by atoms with Crippen molar-refractivity contribution in [2.24, 2.45) is 0 Å². The number of aromatic carboxylic acids is 1. The van der Waals surface area contributed by atoms with Gasteiger partial charge in [0.1, 0.15) is 0 Å². The maximum absolute atomic E-state index is 11.9. The summed E-state index contributed by atoms with van der Waals surface area (Å²) in [6.07, 6.45) is 3.12. The van der Waals surface area contributed by atoms with E-state index in [4.69, 9.17) is 9.52 Å². The maximum atomic E-state index is 11.9. The molecule has 0 aliphatic carbocycles. The van der Waals surface area contributed by atoms with E-state index < -0.39 is 5.97 Å². The van der Waals surface area contributed by atoms with Gasteiger partial charge in [-0.15, -0.1) is 0 Å². The number of furan rings is 1. The fraction of sp³-hybridized carbons (Fsp3) is 0.143. The normalized spacial score (nSPS) is 10.1. The number of amides is 2. The Hall–Kier alpha value is -2.76. The molecule has 1 heterocycles. The molecule has 2 N–H and O–H groups in total. The van der Waals surface area contributed by atoms with E-state index in [1.807, 2.05) is 0 Å². The van der Waals surface area contributed by atoms with Crippen molar-refractivity contribution in [1.82, 2.24) is 4.90 Å². The smallest absolute Gasteiger partial charge is 0.335 e. The molecule has 6 heteroatoms. The van der Waals surface area contributed by atoms with Crippen LogP contribution in [0.25, 0.3) is 0 Å². The fourth-order valence-corrected chi connectivity index (χ4v) is 1.64. The first-order valence-electron chi connectivity index (χ1n) is 5.93. The first-order valence-corrected chi connectivity index (χ1v) is 5.93. The molecule has 0 saturated heterocycles. The molecule has 2 amide bonds. The zero-order valence-electron chi connectivity index (χ0n) is 10.9. The largest absolute Gasteiger partial charge is 0.478 e. The number of hydrogen-bond acceptors (Lipinski definition) is 3. The lowest BCUT2D eigenvalue weighted by Crippen LogP contribution is -2.30. The molecule has 0 aliphatic rings. The molecule has 0 bridgehead atoms. The third-order valence-electron chi connectivity index (χ3n) is 2.73. The van der Waals surface area contributed by atoms with Gasteiger partial charge in [0.05, 0.1) is 24.6 Å². The van der Waals surface area contributed by atoms with Gasteiger partial charge in [0.25, 0.3) is 0 Å². The van der Waals surface area contributed by atoms with Gasteiger partial charge in [-0.1, -0.05) is 0 Å². The Morgan fingerprint density at radius 2 is 1.95 bits per heavy atom. The second kappa shape index (κ2) is 5.92. The minimum Gasteiger partial charge on any atom is -0.478 e. The van der Waals surface area contributed by atoms with Gasteiger partial charge in [0.15, 0.2) is 0 Å². The first-order chi connectivity index (χ1) is 9.56. The van der Waals surface area contributed by atoms with Gasteiger partial charge in [-0.25, -0.2) is 9.59 Å². The van der Waals surface area contributed by atoms with Crippen LogP contribution >= 0.6 is 0 Å². The lowest BCUT2D eigenvalue weighted by Gasteiger charge is -2.17. The number of carbonyl (C=O) groups excluding carboxylic acids is 1. The molecule has 0 unspecified atom stereocenters. The Morgan fingerprint density at radius 1 is 1.25 bits per heavy atom. The van der Waals surface area contributed by atoms with Crippen molar-refractivity contribution in [2.45, 2.75) is 6.54 Å². The van der Waals surface area contributed by atoms with Gasteiger partial charge in [0, 0.05) is 18.3 Å². The molecule has 2 rings (SSSR count). The summed E-state index contributed by atoms with van der Waals surface area (Å²) in [4.78, 5) is 24.1. The summed E-state index contributed by atoms with van der Waals surface area (Å²) in [6, 6.07) is 7.47. The van der Waals surface area contributed by atoms with Crippen LogP contribution in [0.4, 0.5) is 10.5 Å². The third-order valence-corrected chi connectivity index (χ3v) is 2.73. The molecular weight excluding hydrogens is 260 g/mol. The quantitative estimate of drug-likeness (QED) is 0.897. The minimum atomic E-state index is -1.00. The second-order valence-corrected chi connectivity index (χ2v) is 4.30. The van der Waals surface area contributed by atoms with Gasteiger partial charge in [-0.05, 0) is 30.3 Å². The average Bonchev–Trinajstić information content (AvgIpc) is 2.92. The number of rotatable bonds is 4. The summed E-state index contributed by atoms with van der Waals surface area (Å²) in [7, 11) is 1.66. The molecule has 0 atom stereocenters. The van der Waals surface area contributed by atoms with Gasteiger partial charge < -0.3 is 19.7 Å². The highest BCUT2D eigenvalue weighted by molar-refractivity contribution is 5.91. The van der Waals surface area contributed by atoms with Gasteiger partial charge in [0.2, 0.25) is 0 Å². The number of nitrogens with zero attached hydrogens (tertiary/aromatic N) is 1. The van der Waals surface area contributed by atoms with Crippen LogP contribution in [-0.4, -0.2) is 29.1 Å². The third kappa shape index (κ3) is 3.38. The highest BCUT2D eigenvalue weighted by Crippen LogP contribution is 2.11. The summed E-state index contributed by atoms with van der Waals surface area (Å²) in [5, 5.41) is 11.5. The van der Waals surface area contributed by atoms with Crippen molar-refractivity contribution in [3.8, 4) is 0 Å². The Labute approximate surface area is 115 Å². The van der Waals surface area contributed by atoms with E-state index in [0.717, 1.165) is 5.56 Å². The summed E-state index contributed by atoms with van der Waals surface area (Å²) in [6.45, 7) is 0.426. The molecule has 2 aromatic rings. The molecule has 6 nitrogen and oxygen atoms in total. The van der Waals surface area contributed by atoms with E-state index >= 15 is 0 Å². The summed E-state index contributed by atoms with van der Waals surface area (Å²) in [5.41, 5.74) is 1.61. The van der Waals surface area contributed by atoms with E-state index in [2.05, 4.69) is 5.32 Å². The first kappa shape index (κ1) is 13.7. The molecule has 0 saturated carbocycles. The van der Waals surface area contributed by atoms with Crippen LogP contribution in [0, 0.1) is 0 Å². The SMILES string of the molecule is CN(Cc1ccoc1)C(=O)Nc1ccc(C(=O)O)cc1.